The monoisotopic (exact) mass is 344 g/mol. The number of hydrogen-bond acceptors (Lipinski definition) is 7. The van der Waals surface area contributed by atoms with Crippen LogP contribution in [-0.2, 0) is 33.3 Å². The molecule has 0 heterocycles. The first kappa shape index (κ1) is 24.3. The summed E-state index contributed by atoms with van der Waals surface area (Å²) in [5, 5.41) is 0. The van der Waals surface area contributed by atoms with E-state index >= 15 is 0 Å². The number of ether oxygens (including phenoxy) is 5. The highest BCUT2D eigenvalue weighted by atomic mass is 16.7. The number of rotatable bonds is 12. The molecule has 0 rings (SSSR count). The smallest absolute Gasteiger partial charge is 0.333 e. The standard InChI is InChI=1S/C15H24O7.C2H4/c1-11(2)14(16)21-7-6-19-10-13(18-5)20-8-9-22-15(17)12(3)4;1-2/h13H,1,3,6-10H2,2,4-5H3;1-2H2. The van der Waals surface area contributed by atoms with Gasteiger partial charge < -0.3 is 23.7 Å². The first-order chi connectivity index (χ1) is 11.4. The molecule has 0 radical (unpaired) electrons. The van der Waals surface area contributed by atoms with E-state index in [2.05, 4.69) is 26.3 Å². The summed E-state index contributed by atoms with van der Waals surface area (Å²) in [5.74, 6) is -0.921. The highest BCUT2D eigenvalue weighted by Crippen LogP contribution is 1.97. The Hall–Kier alpha value is -1.96. The molecule has 0 aromatic rings. The lowest BCUT2D eigenvalue weighted by Crippen LogP contribution is -2.25. The fourth-order valence-corrected chi connectivity index (χ4v) is 1.12. The van der Waals surface area contributed by atoms with Gasteiger partial charge in [0.1, 0.15) is 13.2 Å². The van der Waals surface area contributed by atoms with Gasteiger partial charge >= 0.3 is 11.9 Å². The van der Waals surface area contributed by atoms with Crippen molar-refractivity contribution in [3.8, 4) is 0 Å². The normalized spacial score (nSPS) is 10.8. The van der Waals surface area contributed by atoms with Gasteiger partial charge in [-0.05, 0) is 13.8 Å². The van der Waals surface area contributed by atoms with Crippen LogP contribution in [0.4, 0.5) is 0 Å². The number of carbonyl (C=O) groups excluding carboxylic acids is 2. The minimum Gasteiger partial charge on any atom is -0.460 e. The molecule has 0 fully saturated rings. The highest BCUT2D eigenvalue weighted by molar-refractivity contribution is 5.87. The zero-order valence-corrected chi connectivity index (χ0v) is 14.8. The predicted molar refractivity (Wildman–Crippen MR) is 90.4 cm³/mol. The molecule has 0 saturated carbocycles. The van der Waals surface area contributed by atoms with Gasteiger partial charge in [-0.15, -0.1) is 13.2 Å². The number of methoxy groups -OCH3 is 1. The van der Waals surface area contributed by atoms with E-state index in [0.29, 0.717) is 11.1 Å². The second-order valence-electron chi connectivity index (χ2n) is 4.44. The highest BCUT2D eigenvalue weighted by Gasteiger charge is 2.09. The summed E-state index contributed by atoms with van der Waals surface area (Å²) in [4.78, 5) is 22.2. The minimum absolute atomic E-state index is 0.0990. The van der Waals surface area contributed by atoms with Crippen LogP contribution in [0.25, 0.3) is 0 Å². The maximum Gasteiger partial charge on any atom is 0.333 e. The molecule has 7 nitrogen and oxygen atoms in total. The molecule has 1 atom stereocenters. The van der Waals surface area contributed by atoms with E-state index in [-0.39, 0.29) is 33.0 Å². The second-order valence-corrected chi connectivity index (χ2v) is 4.44. The summed E-state index contributed by atoms with van der Waals surface area (Å²) in [6.45, 7) is 16.8. The largest absolute Gasteiger partial charge is 0.460 e. The molecule has 0 aliphatic rings. The average molecular weight is 344 g/mol. The Morgan fingerprint density at radius 1 is 0.875 bits per heavy atom. The Labute approximate surface area is 143 Å². The fraction of sp³-hybridized carbons (Fsp3) is 0.529. The first-order valence-corrected chi connectivity index (χ1v) is 7.25. The Morgan fingerprint density at radius 3 is 1.75 bits per heavy atom. The Balaban J connectivity index is 0. The number of esters is 2. The van der Waals surface area contributed by atoms with E-state index in [1.807, 2.05) is 0 Å². The first-order valence-electron chi connectivity index (χ1n) is 7.25. The van der Waals surface area contributed by atoms with E-state index < -0.39 is 18.2 Å². The predicted octanol–water partition coefficient (Wildman–Crippen LogP) is 2.03. The molecule has 0 spiro atoms. The number of carbonyl (C=O) groups is 2. The van der Waals surface area contributed by atoms with E-state index in [0.717, 1.165) is 0 Å². The fourth-order valence-electron chi connectivity index (χ4n) is 1.12. The van der Waals surface area contributed by atoms with Crippen LogP contribution < -0.4 is 0 Å². The van der Waals surface area contributed by atoms with Crippen LogP contribution in [0.15, 0.2) is 37.5 Å². The molecule has 7 heteroatoms. The van der Waals surface area contributed by atoms with Crippen LogP contribution in [0, 0.1) is 0 Å². The third-order valence-corrected chi connectivity index (χ3v) is 2.29. The molecular formula is C17H28O7. The molecule has 0 bridgehead atoms. The molecular weight excluding hydrogens is 316 g/mol. The van der Waals surface area contributed by atoms with E-state index in [1.54, 1.807) is 13.8 Å². The average Bonchev–Trinajstić information content (AvgIpc) is 2.57. The Bertz CT molecular complexity index is 404. The maximum atomic E-state index is 11.1. The van der Waals surface area contributed by atoms with Crippen molar-refractivity contribution >= 4 is 11.9 Å². The van der Waals surface area contributed by atoms with Crippen LogP contribution in [0.5, 0.6) is 0 Å². The SMILES string of the molecule is C=C.C=C(C)C(=O)OCCOCC(OC)OCCOC(=O)C(=C)C. The van der Waals surface area contributed by atoms with Gasteiger partial charge in [-0.3, -0.25) is 0 Å². The molecule has 0 saturated heterocycles. The molecule has 0 aliphatic carbocycles. The molecule has 0 aromatic heterocycles. The van der Waals surface area contributed by atoms with Gasteiger partial charge in [0.2, 0.25) is 0 Å². The van der Waals surface area contributed by atoms with Crippen molar-refractivity contribution in [2.24, 2.45) is 0 Å². The van der Waals surface area contributed by atoms with Gasteiger partial charge in [0.05, 0.1) is 19.8 Å². The van der Waals surface area contributed by atoms with Crippen LogP contribution in [0.2, 0.25) is 0 Å². The molecule has 0 amide bonds. The third kappa shape index (κ3) is 13.7. The van der Waals surface area contributed by atoms with Crippen LogP contribution in [-0.4, -0.2) is 58.4 Å². The minimum atomic E-state index is -0.597. The van der Waals surface area contributed by atoms with Crippen molar-refractivity contribution in [1.82, 2.24) is 0 Å². The molecule has 138 valence electrons. The van der Waals surface area contributed by atoms with Crippen molar-refractivity contribution in [2.75, 3.05) is 40.1 Å². The molecule has 0 N–H and O–H groups in total. The van der Waals surface area contributed by atoms with Crippen LogP contribution >= 0.6 is 0 Å². The lowest BCUT2D eigenvalue weighted by Gasteiger charge is -2.16. The maximum absolute atomic E-state index is 11.1. The summed E-state index contributed by atoms with van der Waals surface area (Å²) in [6, 6.07) is 0. The van der Waals surface area contributed by atoms with Gasteiger partial charge in [0.15, 0.2) is 6.29 Å². The van der Waals surface area contributed by atoms with Crippen molar-refractivity contribution < 1.29 is 33.3 Å². The zero-order valence-electron chi connectivity index (χ0n) is 14.8. The summed E-state index contributed by atoms with van der Waals surface area (Å²) >= 11 is 0. The number of hydrogen-bond donors (Lipinski definition) is 0. The van der Waals surface area contributed by atoms with Crippen LogP contribution in [0.1, 0.15) is 13.8 Å². The van der Waals surface area contributed by atoms with Crippen molar-refractivity contribution in [3.05, 3.63) is 37.5 Å². The summed E-state index contributed by atoms with van der Waals surface area (Å²) < 4.78 is 25.3. The van der Waals surface area contributed by atoms with Gasteiger partial charge in [0, 0.05) is 18.3 Å². The molecule has 24 heavy (non-hydrogen) atoms. The topological polar surface area (TPSA) is 80.3 Å². The summed E-state index contributed by atoms with van der Waals surface area (Å²) in [5.41, 5.74) is 0.665. The lowest BCUT2D eigenvalue weighted by molar-refractivity contribution is -0.170. The van der Waals surface area contributed by atoms with Crippen molar-refractivity contribution in [2.45, 2.75) is 20.1 Å². The molecule has 0 aliphatic heterocycles. The Morgan fingerprint density at radius 2 is 1.33 bits per heavy atom. The van der Waals surface area contributed by atoms with Gasteiger partial charge in [0.25, 0.3) is 0 Å². The van der Waals surface area contributed by atoms with Crippen molar-refractivity contribution in [3.63, 3.8) is 0 Å². The van der Waals surface area contributed by atoms with E-state index in [9.17, 15) is 9.59 Å². The second kappa shape index (κ2) is 15.9. The quantitative estimate of drug-likeness (QED) is 0.176. The Kier molecular flexibility index (Phi) is 16.1. The van der Waals surface area contributed by atoms with Gasteiger partial charge in [-0.25, -0.2) is 9.59 Å². The zero-order chi connectivity index (χ0) is 19.0. The van der Waals surface area contributed by atoms with Crippen molar-refractivity contribution in [1.29, 1.82) is 0 Å². The van der Waals surface area contributed by atoms with E-state index in [4.69, 9.17) is 23.7 Å². The van der Waals surface area contributed by atoms with Gasteiger partial charge in [-0.2, -0.15) is 0 Å². The van der Waals surface area contributed by atoms with Crippen LogP contribution in [0.3, 0.4) is 0 Å². The summed E-state index contributed by atoms with van der Waals surface area (Å²) in [6.07, 6.45) is -0.597. The summed E-state index contributed by atoms with van der Waals surface area (Å²) in [7, 11) is 1.47. The van der Waals surface area contributed by atoms with E-state index in [1.165, 1.54) is 7.11 Å². The van der Waals surface area contributed by atoms with Gasteiger partial charge in [-0.1, -0.05) is 13.2 Å². The lowest BCUT2D eigenvalue weighted by atomic mass is 10.4. The molecule has 1 unspecified atom stereocenters. The molecule has 0 aromatic carbocycles. The third-order valence-electron chi connectivity index (χ3n) is 2.29.